The number of hydrogen-bond donors (Lipinski definition) is 3. The Labute approximate surface area is 405 Å². The molecule has 5 aromatic rings. The van der Waals surface area contributed by atoms with Crippen molar-refractivity contribution in [3.05, 3.63) is 107 Å². The number of hydrogen-bond acceptors (Lipinski definition) is 11. The van der Waals surface area contributed by atoms with Gasteiger partial charge < -0.3 is 29.4 Å². The number of nitrogens with one attached hydrogen (secondary N) is 2. The molecule has 2 aromatic heterocycles. The van der Waals surface area contributed by atoms with E-state index in [-0.39, 0.29) is 67.9 Å². The highest BCUT2D eigenvalue weighted by atomic mass is 16.5. The lowest BCUT2D eigenvalue weighted by Crippen LogP contribution is -2.61. The standard InChI is InChI=1S/C54H66N8O7/c1-8-61-47-19-16-39-27-43(47)44(51(61)45-31-55-22-20-40(45)32-68-7)29-54(4,5)33-69-49(65)28-41-13-10-24-62(59-41)53(67)46(26-37-11-9-12-38(39)25-37)58-52(66)50(35(2)3)60(6)48(64)21-23-56-34-57-30-36-14-17-42(63)18-15-36/h9,11-12,14-20,22,25,27,31,35,41,46,50,59,63H,8,10,13,21,23-24,26,28-30,32-33H2,1-7H3,(H,58,66)/t41-,46-,50-/m0/s1. The molecule has 3 amide bonds. The Morgan fingerprint density at radius 3 is 2.59 bits per heavy atom. The second-order valence-electron chi connectivity index (χ2n) is 19.3. The average Bonchev–Trinajstić information content (AvgIpc) is 3.63. The lowest BCUT2D eigenvalue weighted by Gasteiger charge is -2.37. The highest BCUT2D eigenvalue weighted by Crippen LogP contribution is 2.41. The zero-order valence-electron chi connectivity index (χ0n) is 41.0. The highest BCUT2D eigenvalue weighted by molar-refractivity contribution is 5.96. The fourth-order valence-corrected chi connectivity index (χ4v) is 9.56. The number of benzene rings is 3. The van der Waals surface area contributed by atoms with Crippen molar-refractivity contribution in [3.8, 4) is 28.1 Å². The first-order chi connectivity index (χ1) is 33.2. The summed E-state index contributed by atoms with van der Waals surface area (Å²) in [5, 5.41) is 15.2. The zero-order chi connectivity index (χ0) is 49.2. The van der Waals surface area contributed by atoms with Crippen LogP contribution < -0.4 is 10.7 Å². The van der Waals surface area contributed by atoms with Crippen molar-refractivity contribution in [1.29, 1.82) is 0 Å². The van der Waals surface area contributed by atoms with Gasteiger partial charge in [-0.3, -0.25) is 29.2 Å². The number of rotatable bonds is 13. The largest absolute Gasteiger partial charge is 0.508 e. The van der Waals surface area contributed by atoms with Crippen LogP contribution in [0.15, 0.2) is 95.2 Å². The number of ether oxygens (including phenoxy) is 2. The van der Waals surface area contributed by atoms with Crippen molar-refractivity contribution in [3.63, 3.8) is 0 Å². The molecule has 3 atom stereocenters. The Balaban J connectivity index is 1.21. The summed E-state index contributed by atoms with van der Waals surface area (Å²) >= 11 is 0. The molecular weight excluding hydrogens is 873 g/mol. The number of amides is 3. The molecule has 0 radical (unpaired) electrons. The number of likely N-dealkylation sites (N-methyl/N-ethyl adjacent to an activating group) is 1. The molecule has 2 aliphatic heterocycles. The molecule has 0 spiro atoms. The van der Waals surface area contributed by atoms with E-state index in [1.54, 1.807) is 44.6 Å². The molecule has 0 aliphatic carbocycles. The number of carbonyl (C=O) groups is 4. The minimum atomic E-state index is -1.01. The van der Waals surface area contributed by atoms with Gasteiger partial charge in [0.15, 0.2) is 0 Å². The third kappa shape index (κ3) is 12.3. The highest BCUT2D eigenvalue weighted by Gasteiger charge is 2.36. The van der Waals surface area contributed by atoms with Crippen LogP contribution in [0.5, 0.6) is 5.75 Å². The van der Waals surface area contributed by atoms with E-state index in [4.69, 9.17) is 9.47 Å². The van der Waals surface area contributed by atoms with Gasteiger partial charge in [-0.15, -0.1) is 0 Å². The van der Waals surface area contributed by atoms with E-state index in [1.165, 1.54) is 9.91 Å². The fourth-order valence-electron chi connectivity index (χ4n) is 9.56. The Kier molecular flexibility index (Phi) is 16.5. The second kappa shape index (κ2) is 22.6. The van der Waals surface area contributed by atoms with Crippen LogP contribution in [0.3, 0.4) is 0 Å². The summed E-state index contributed by atoms with van der Waals surface area (Å²) in [6.07, 6.45) is 5.88. The number of pyridine rings is 1. The number of esters is 1. The molecule has 1 fully saturated rings. The van der Waals surface area contributed by atoms with E-state index >= 15 is 0 Å². The number of aromatic hydroxyl groups is 1. The van der Waals surface area contributed by atoms with E-state index in [2.05, 4.69) is 87.4 Å². The second-order valence-corrected chi connectivity index (χ2v) is 19.3. The molecule has 6 bridgehead atoms. The molecule has 0 unspecified atom stereocenters. The summed E-state index contributed by atoms with van der Waals surface area (Å²) in [7, 11) is 3.29. The van der Waals surface area contributed by atoms with Crippen LogP contribution in [-0.4, -0.2) is 106 Å². The lowest BCUT2D eigenvalue weighted by molar-refractivity contribution is -0.150. The maximum absolute atomic E-state index is 14.7. The Morgan fingerprint density at radius 1 is 1.06 bits per heavy atom. The number of nitrogens with zero attached hydrogens (tertiary/aromatic N) is 6. The number of hydrazine groups is 1. The van der Waals surface area contributed by atoms with E-state index in [9.17, 15) is 24.3 Å². The third-order valence-corrected chi connectivity index (χ3v) is 13.0. The van der Waals surface area contributed by atoms with Gasteiger partial charge in [0.2, 0.25) is 11.8 Å². The van der Waals surface area contributed by atoms with Gasteiger partial charge in [-0.1, -0.05) is 70.2 Å². The molecular formula is C54H66N8O7. The van der Waals surface area contributed by atoms with Gasteiger partial charge in [-0.25, -0.2) is 15.4 Å². The van der Waals surface area contributed by atoms with Crippen LogP contribution in [0, 0.1) is 11.3 Å². The minimum Gasteiger partial charge on any atom is -0.508 e. The van der Waals surface area contributed by atoms with Crippen molar-refractivity contribution < 1.29 is 33.8 Å². The first kappa shape index (κ1) is 50.2. The third-order valence-electron chi connectivity index (χ3n) is 13.0. The summed E-state index contributed by atoms with van der Waals surface area (Å²) in [5.74, 6) is -1.57. The maximum Gasteiger partial charge on any atom is 0.307 e. The van der Waals surface area contributed by atoms with Crippen LogP contribution in [0.25, 0.3) is 33.3 Å². The quantitative estimate of drug-likeness (QED) is 0.0795. The van der Waals surface area contributed by atoms with E-state index in [0.717, 1.165) is 55.5 Å². The summed E-state index contributed by atoms with van der Waals surface area (Å²) in [5.41, 5.74) is 11.8. The summed E-state index contributed by atoms with van der Waals surface area (Å²) in [6, 6.07) is 23.6. The van der Waals surface area contributed by atoms with E-state index in [1.807, 2.05) is 38.2 Å². The summed E-state index contributed by atoms with van der Waals surface area (Å²) < 4.78 is 14.0. The van der Waals surface area contributed by atoms with Crippen molar-refractivity contribution in [1.82, 2.24) is 30.2 Å². The summed E-state index contributed by atoms with van der Waals surface area (Å²) in [4.78, 5) is 70.6. The number of phenolic OH excluding ortho intramolecular Hbond substituents is 1. The smallest absolute Gasteiger partial charge is 0.307 e. The SMILES string of the molecule is CCn1c(-c2cnccc2COC)c2c3cc(ccc31)-c1cccc(c1)C[C@H](NC(=O)[C@H](C(C)C)N(C)C(=O)CCN=C=NCc1ccc(O)cc1)C(=O)N1CCC[C@@H](CC(=O)OCC(C)(C)C2)N1. The number of aryl methyl sites for hydroxylation is 1. The van der Waals surface area contributed by atoms with Gasteiger partial charge in [0.1, 0.15) is 17.8 Å². The molecule has 2 aliphatic rings. The van der Waals surface area contributed by atoms with E-state index < -0.39 is 23.4 Å². The van der Waals surface area contributed by atoms with Gasteiger partial charge in [-0.2, -0.15) is 0 Å². The normalized spacial score (nSPS) is 17.8. The number of phenols is 1. The number of fused-ring (bicyclic) bond motifs is 6. The lowest BCUT2D eigenvalue weighted by atomic mass is 9.84. The number of cyclic esters (lactones) is 1. The van der Waals surface area contributed by atoms with E-state index in [0.29, 0.717) is 45.5 Å². The van der Waals surface area contributed by atoms with Crippen LogP contribution >= 0.6 is 0 Å². The molecule has 3 aromatic carbocycles. The fraction of sp³-hybridized carbons (Fsp3) is 0.444. The topological polar surface area (TPSA) is 180 Å². The first-order valence-electron chi connectivity index (χ1n) is 24.0. The Hall–Kier alpha value is -6.67. The predicted octanol–water partition coefficient (Wildman–Crippen LogP) is 7.53. The van der Waals surface area contributed by atoms with Crippen molar-refractivity contribution >= 4 is 40.6 Å². The van der Waals surface area contributed by atoms with Crippen molar-refractivity contribution in [2.24, 2.45) is 21.3 Å². The van der Waals surface area contributed by atoms with Crippen molar-refractivity contribution in [2.75, 3.05) is 33.9 Å². The molecule has 0 saturated carbocycles. The molecule has 69 heavy (non-hydrogen) atoms. The molecule has 364 valence electrons. The van der Waals surface area contributed by atoms with Crippen LogP contribution in [-0.2, 0) is 61.2 Å². The van der Waals surface area contributed by atoms with Gasteiger partial charge in [0.05, 0.1) is 44.4 Å². The number of carbonyl (C=O) groups excluding carboxylic acids is 4. The number of aliphatic imine (C=N–C) groups is 2. The molecule has 1 saturated heterocycles. The number of methoxy groups -OCH3 is 1. The van der Waals surface area contributed by atoms with Gasteiger partial charge in [-0.05, 0) is 95.8 Å². The zero-order valence-corrected chi connectivity index (χ0v) is 41.0. The minimum absolute atomic E-state index is 0.0268. The molecule has 15 nitrogen and oxygen atoms in total. The van der Waals surface area contributed by atoms with Crippen LogP contribution in [0.2, 0.25) is 0 Å². The van der Waals surface area contributed by atoms with Crippen LogP contribution in [0.4, 0.5) is 0 Å². The van der Waals surface area contributed by atoms with Gasteiger partial charge in [0.25, 0.3) is 5.91 Å². The number of aromatic nitrogens is 2. The molecule has 7 rings (SSSR count). The van der Waals surface area contributed by atoms with Crippen LogP contribution in [0.1, 0.15) is 82.6 Å². The van der Waals surface area contributed by atoms with Crippen molar-refractivity contribution in [2.45, 2.75) is 111 Å². The Morgan fingerprint density at radius 2 is 1.84 bits per heavy atom. The van der Waals surface area contributed by atoms with Gasteiger partial charge >= 0.3 is 5.97 Å². The summed E-state index contributed by atoms with van der Waals surface area (Å²) in [6.45, 7) is 12.3. The first-order valence-corrected chi connectivity index (χ1v) is 24.0. The molecule has 4 heterocycles. The average molecular weight is 939 g/mol. The molecule has 3 N–H and O–H groups in total. The maximum atomic E-state index is 14.7. The Bertz CT molecular complexity index is 2700. The molecule has 15 heteroatoms. The monoisotopic (exact) mass is 939 g/mol. The van der Waals surface area contributed by atoms with Gasteiger partial charge in [0, 0.05) is 80.4 Å². The predicted molar refractivity (Wildman–Crippen MR) is 266 cm³/mol.